The maximum atomic E-state index is 10.8. The van der Waals surface area contributed by atoms with Gasteiger partial charge < -0.3 is 15.6 Å². The number of anilines is 1. The third kappa shape index (κ3) is 4.73. The Kier molecular flexibility index (Phi) is 5.69. The van der Waals surface area contributed by atoms with Crippen molar-refractivity contribution in [3.63, 3.8) is 0 Å². The van der Waals surface area contributed by atoms with Crippen molar-refractivity contribution in [1.29, 1.82) is 0 Å². The first kappa shape index (κ1) is 16.9. The van der Waals surface area contributed by atoms with E-state index in [9.17, 15) is 9.59 Å². The predicted molar refractivity (Wildman–Crippen MR) is 82.1 cm³/mol. The Balaban J connectivity index is 0.000000235. The highest BCUT2D eigenvalue weighted by atomic mass is 32.1. The van der Waals surface area contributed by atoms with Gasteiger partial charge in [0.2, 0.25) is 0 Å². The zero-order chi connectivity index (χ0) is 16.0. The molecule has 5 N–H and O–H groups in total. The van der Waals surface area contributed by atoms with Crippen molar-refractivity contribution >= 4 is 28.3 Å². The molecule has 0 amide bonds. The predicted octanol–water partition coefficient (Wildman–Crippen LogP) is 2.39. The molecule has 21 heavy (non-hydrogen) atoms. The van der Waals surface area contributed by atoms with Gasteiger partial charge in [0.05, 0.1) is 5.41 Å². The summed E-state index contributed by atoms with van der Waals surface area (Å²) in [5.74, 6) is 3.06. The lowest BCUT2D eigenvalue weighted by atomic mass is 9.80. The fourth-order valence-corrected chi connectivity index (χ4v) is 2.39. The first-order valence-corrected chi connectivity index (χ1v) is 7.03. The summed E-state index contributed by atoms with van der Waals surface area (Å²) in [4.78, 5) is 21.3. The van der Waals surface area contributed by atoms with Crippen LogP contribution in [0.1, 0.15) is 18.9 Å². The van der Waals surface area contributed by atoms with Gasteiger partial charge in [0.15, 0.2) is 0 Å². The first-order valence-electron chi connectivity index (χ1n) is 6.15. The van der Waals surface area contributed by atoms with Crippen molar-refractivity contribution in [2.45, 2.75) is 20.3 Å². The number of nitrogens with one attached hydrogen (secondary N) is 1. The van der Waals surface area contributed by atoms with E-state index >= 15 is 0 Å². The second-order valence-corrected chi connectivity index (χ2v) is 5.80. The third-order valence-electron chi connectivity index (χ3n) is 2.96. The first-order chi connectivity index (χ1) is 9.78. The molecular formula is C14H18N2O4S. The van der Waals surface area contributed by atoms with Crippen molar-refractivity contribution in [2.24, 2.45) is 11.3 Å². The topological polar surface area (TPSA) is 113 Å². The molecule has 1 aromatic heterocycles. The zero-order valence-electron chi connectivity index (χ0n) is 11.8. The van der Waals surface area contributed by atoms with E-state index in [0.717, 1.165) is 5.00 Å². The van der Waals surface area contributed by atoms with Crippen molar-refractivity contribution in [3.8, 4) is 0 Å². The third-order valence-corrected chi connectivity index (χ3v) is 3.93. The fraction of sp³-hybridized carbons (Fsp3) is 0.286. The summed E-state index contributed by atoms with van der Waals surface area (Å²) in [5, 5.41) is 20.5. The molecule has 0 aliphatic heterocycles. The molecule has 2 rings (SSSR count). The van der Waals surface area contributed by atoms with Gasteiger partial charge in [-0.05, 0) is 37.3 Å². The van der Waals surface area contributed by atoms with Crippen LogP contribution in [-0.2, 0) is 9.59 Å². The standard InChI is InChI=1S/C9H10O4.C5H8N2S/c1-9(8(12)13)4-2-3-6(5-9)7(10)11;1-4-2-5(7-6)8-3-4/h2-4H,5H2,1H3,(H,10,11)(H,12,13);2-3,7H,6H2,1H3. The minimum atomic E-state index is -1.08. The van der Waals surface area contributed by atoms with E-state index in [2.05, 4.69) is 10.8 Å². The van der Waals surface area contributed by atoms with Gasteiger partial charge in [-0.2, -0.15) is 0 Å². The number of nitrogen functional groups attached to an aromatic ring is 1. The van der Waals surface area contributed by atoms with E-state index in [1.54, 1.807) is 11.3 Å². The molecule has 0 bridgehead atoms. The SMILES string of the molecule is CC1(C(=O)O)C=CC=C(C(=O)O)C1.Cc1csc(NN)c1. The molecule has 0 fully saturated rings. The van der Waals surface area contributed by atoms with Gasteiger partial charge in [-0.3, -0.25) is 4.79 Å². The number of rotatable bonds is 3. The zero-order valence-corrected chi connectivity index (χ0v) is 12.6. The average Bonchev–Trinajstić information content (AvgIpc) is 2.85. The van der Waals surface area contributed by atoms with E-state index < -0.39 is 17.4 Å². The van der Waals surface area contributed by atoms with Crippen LogP contribution in [0.4, 0.5) is 5.00 Å². The van der Waals surface area contributed by atoms with E-state index in [-0.39, 0.29) is 12.0 Å². The maximum absolute atomic E-state index is 10.8. The second-order valence-electron chi connectivity index (χ2n) is 4.89. The molecule has 114 valence electrons. The molecule has 6 nitrogen and oxygen atoms in total. The lowest BCUT2D eigenvalue weighted by Gasteiger charge is -2.23. The Labute approximate surface area is 126 Å². The van der Waals surface area contributed by atoms with Gasteiger partial charge in [-0.1, -0.05) is 18.2 Å². The lowest BCUT2D eigenvalue weighted by Crippen LogP contribution is -2.28. The summed E-state index contributed by atoms with van der Waals surface area (Å²) in [6.45, 7) is 3.54. The van der Waals surface area contributed by atoms with Crippen molar-refractivity contribution < 1.29 is 19.8 Å². The summed E-state index contributed by atoms with van der Waals surface area (Å²) >= 11 is 1.61. The van der Waals surface area contributed by atoms with E-state index in [1.165, 1.54) is 30.7 Å². The molecule has 0 aromatic carbocycles. The minimum Gasteiger partial charge on any atom is -0.481 e. The Hall–Kier alpha value is -2.12. The molecule has 1 aliphatic rings. The summed E-state index contributed by atoms with van der Waals surface area (Å²) in [6, 6.07) is 2.00. The Bertz CT molecular complexity index is 592. The molecule has 1 unspecified atom stereocenters. The monoisotopic (exact) mass is 310 g/mol. The van der Waals surface area contributed by atoms with Crippen LogP contribution in [0.5, 0.6) is 0 Å². The van der Waals surface area contributed by atoms with Crippen LogP contribution in [0.3, 0.4) is 0 Å². The maximum Gasteiger partial charge on any atom is 0.331 e. The summed E-state index contributed by atoms with van der Waals surface area (Å²) in [7, 11) is 0. The Morgan fingerprint density at radius 3 is 2.48 bits per heavy atom. The number of aryl methyl sites for hydroxylation is 1. The van der Waals surface area contributed by atoms with Crippen LogP contribution >= 0.6 is 11.3 Å². The molecule has 1 aromatic rings. The van der Waals surface area contributed by atoms with Crippen molar-refractivity contribution in [1.82, 2.24) is 0 Å². The number of hydrogen-bond acceptors (Lipinski definition) is 5. The van der Waals surface area contributed by atoms with Crippen molar-refractivity contribution in [2.75, 3.05) is 5.43 Å². The molecule has 0 saturated carbocycles. The van der Waals surface area contributed by atoms with Gasteiger partial charge >= 0.3 is 11.9 Å². The number of allylic oxidation sites excluding steroid dienone is 2. The molecule has 1 heterocycles. The number of hydrazine groups is 1. The quantitative estimate of drug-likeness (QED) is 0.503. The van der Waals surface area contributed by atoms with Crippen molar-refractivity contribution in [3.05, 3.63) is 40.8 Å². The van der Waals surface area contributed by atoms with Gasteiger partial charge in [0, 0.05) is 5.57 Å². The van der Waals surface area contributed by atoms with Crippen LogP contribution in [0.25, 0.3) is 0 Å². The fourth-order valence-electron chi connectivity index (χ4n) is 1.69. The molecular weight excluding hydrogens is 292 g/mol. The van der Waals surface area contributed by atoms with Gasteiger partial charge in [-0.25, -0.2) is 10.6 Å². The second kappa shape index (κ2) is 7.05. The summed E-state index contributed by atoms with van der Waals surface area (Å²) in [6.07, 6.45) is 4.43. The van der Waals surface area contributed by atoms with Crippen LogP contribution in [-0.4, -0.2) is 22.2 Å². The molecule has 7 heteroatoms. The minimum absolute atomic E-state index is 0.0359. The molecule has 0 spiro atoms. The average molecular weight is 310 g/mol. The van der Waals surface area contributed by atoms with E-state index in [4.69, 9.17) is 16.1 Å². The number of hydrogen-bond donors (Lipinski definition) is 4. The highest BCUT2D eigenvalue weighted by molar-refractivity contribution is 7.14. The molecule has 0 saturated heterocycles. The van der Waals surface area contributed by atoms with Gasteiger partial charge in [0.1, 0.15) is 5.00 Å². The summed E-state index contributed by atoms with van der Waals surface area (Å²) in [5.41, 5.74) is 2.87. The smallest absolute Gasteiger partial charge is 0.331 e. The Morgan fingerprint density at radius 2 is 2.10 bits per heavy atom. The lowest BCUT2D eigenvalue weighted by molar-refractivity contribution is -0.145. The van der Waals surface area contributed by atoms with Gasteiger partial charge in [0.25, 0.3) is 0 Å². The van der Waals surface area contributed by atoms with Crippen LogP contribution in [0.15, 0.2) is 35.2 Å². The van der Waals surface area contributed by atoms with Gasteiger partial charge in [-0.15, -0.1) is 11.3 Å². The van der Waals surface area contributed by atoms with Crippen LogP contribution in [0, 0.1) is 12.3 Å². The number of nitrogens with two attached hydrogens (primary N) is 1. The number of carboxylic acid groups (broad SMARTS) is 2. The number of thiophene rings is 1. The largest absolute Gasteiger partial charge is 0.481 e. The molecule has 1 atom stereocenters. The highest BCUT2D eigenvalue weighted by Gasteiger charge is 2.34. The number of carbonyl (C=O) groups is 2. The molecule has 0 radical (unpaired) electrons. The highest BCUT2D eigenvalue weighted by Crippen LogP contribution is 2.31. The number of carboxylic acids is 2. The summed E-state index contributed by atoms with van der Waals surface area (Å²) < 4.78 is 0. The van der Waals surface area contributed by atoms with Crippen LogP contribution < -0.4 is 11.3 Å². The Morgan fingerprint density at radius 1 is 1.43 bits per heavy atom. The number of aliphatic carboxylic acids is 2. The van der Waals surface area contributed by atoms with Crippen LogP contribution in [0.2, 0.25) is 0 Å². The van der Waals surface area contributed by atoms with E-state index in [0.29, 0.717) is 0 Å². The van der Waals surface area contributed by atoms with E-state index in [1.807, 2.05) is 13.0 Å². The molecule has 1 aliphatic carbocycles. The normalized spacial score (nSPS) is 20.0.